The van der Waals surface area contributed by atoms with Crippen molar-refractivity contribution in [3.8, 4) is 0 Å². The minimum atomic E-state index is -1.87. The average molecular weight is 272 g/mol. The van der Waals surface area contributed by atoms with Crippen LogP contribution in [0.4, 0.5) is 4.79 Å². The number of carbonyl (C=O) groups is 2. The molecule has 19 heavy (non-hydrogen) atoms. The van der Waals surface area contributed by atoms with Crippen molar-refractivity contribution >= 4 is 12.1 Å². The number of alkyl carbamates (subject to hydrolysis) is 1. The standard InChI is InChI=1S/C11H16N2O6/c1-11(2,3)19-10(17)13-7(8(14)9(15)16)6-4-12-5-18-6/h4-5,7-8,14H,1-3H3,(H,13,17)(H,15,16)/t7-,8+/m0/s1. The van der Waals surface area contributed by atoms with Gasteiger partial charge in [-0.3, -0.25) is 0 Å². The number of hydrogen-bond donors (Lipinski definition) is 3. The summed E-state index contributed by atoms with van der Waals surface area (Å²) in [6.07, 6.45) is -0.475. The quantitative estimate of drug-likeness (QED) is 0.736. The molecule has 0 aromatic carbocycles. The van der Waals surface area contributed by atoms with Gasteiger partial charge in [0, 0.05) is 0 Å². The molecule has 0 unspecified atom stereocenters. The van der Waals surface area contributed by atoms with Crippen molar-refractivity contribution < 1.29 is 29.0 Å². The molecule has 3 N–H and O–H groups in total. The maximum atomic E-state index is 11.6. The predicted octanol–water partition coefficient (Wildman–Crippen LogP) is 0.686. The van der Waals surface area contributed by atoms with Crippen LogP contribution in [0.15, 0.2) is 17.0 Å². The van der Waals surface area contributed by atoms with Gasteiger partial charge in [-0.15, -0.1) is 0 Å². The number of oxazole rings is 1. The third kappa shape index (κ3) is 4.59. The van der Waals surface area contributed by atoms with Gasteiger partial charge in [-0.1, -0.05) is 0 Å². The number of hydrogen-bond acceptors (Lipinski definition) is 6. The third-order valence-corrected chi connectivity index (χ3v) is 2.00. The number of rotatable bonds is 4. The number of aliphatic carboxylic acids is 1. The highest BCUT2D eigenvalue weighted by molar-refractivity contribution is 5.75. The number of nitrogens with one attached hydrogen (secondary N) is 1. The normalized spacial score (nSPS) is 14.5. The molecule has 1 rings (SSSR count). The van der Waals surface area contributed by atoms with Crippen molar-refractivity contribution in [3.05, 3.63) is 18.4 Å². The molecule has 0 aliphatic heterocycles. The fraction of sp³-hybridized carbons (Fsp3) is 0.545. The lowest BCUT2D eigenvalue weighted by Gasteiger charge is -2.23. The lowest BCUT2D eigenvalue weighted by Crippen LogP contribution is -2.42. The molecule has 2 atom stereocenters. The van der Waals surface area contributed by atoms with Crippen molar-refractivity contribution in [1.82, 2.24) is 10.3 Å². The molecule has 0 bridgehead atoms. The zero-order chi connectivity index (χ0) is 14.6. The Labute approximate surface area is 109 Å². The average Bonchev–Trinajstić information content (AvgIpc) is 2.75. The minimum absolute atomic E-state index is 0.0146. The number of aliphatic hydroxyl groups is 1. The molecule has 1 amide bonds. The van der Waals surface area contributed by atoms with Crippen LogP contribution in [-0.4, -0.2) is 39.0 Å². The van der Waals surface area contributed by atoms with Gasteiger partial charge in [0.15, 0.2) is 12.5 Å². The SMILES string of the molecule is CC(C)(C)OC(=O)N[C@@H](c1cnco1)[C@@H](O)C(=O)O. The van der Waals surface area contributed by atoms with Gasteiger partial charge in [0.25, 0.3) is 0 Å². The minimum Gasteiger partial charge on any atom is -0.479 e. The van der Waals surface area contributed by atoms with Gasteiger partial charge >= 0.3 is 12.1 Å². The molecule has 1 heterocycles. The van der Waals surface area contributed by atoms with Crippen molar-refractivity contribution in [1.29, 1.82) is 0 Å². The summed E-state index contributed by atoms with van der Waals surface area (Å²) in [4.78, 5) is 26.0. The molecule has 0 spiro atoms. The van der Waals surface area contributed by atoms with Crippen LogP contribution in [-0.2, 0) is 9.53 Å². The van der Waals surface area contributed by atoms with Gasteiger partial charge < -0.3 is 24.7 Å². The molecule has 106 valence electrons. The van der Waals surface area contributed by atoms with E-state index < -0.39 is 29.8 Å². The Morgan fingerprint density at radius 3 is 2.53 bits per heavy atom. The predicted molar refractivity (Wildman–Crippen MR) is 62.3 cm³/mol. The van der Waals surface area contributed by atoms with Gasteiger partial charge in [-0.25, -0.2) is 14.6 Å². The first kappa shape index (κ1) is 15.0. The maximum absolute atomic E-state index is 11.6. The van der Waals surface area contributed by atoms with Crippen LogP contribution in [0, 0.1) is 0 Å². The van der Waals surface area contributed by atoms with E-state index in [9.17, 15) is 14.7 Å². The van der Waals surface area contributed by atoms with Crippen LogP contribution in [0.5, 0.6) is 0 Å². The van der Waals surface area contributed by atoms with E-state index in [4.69, 9.17) is 14.3 Å². The molecule has 1 aromatic rings. The number of ether oxygens (including phenoxy) is 1. The molecule has 0 saturated heterocycles. The Morgan fingerprint density at radius 1 is 1.47 bits per heavy atom. The molecule has 0 aliphatic carbocycles. The highest BCUT2D eigenvalue weighted by atomic mass is 16.6. The number of aromatic nitrogens is 1. The third-order valence-electron chi connectivity index (χ3n) is 2.00. The van der Waals surface area contributed by atoms with Crippen molar-refractivity contribution in [3.63, 3.8) is 0 Å². The number of nitrogens with zero attached hydrogens (tertiary/aromatic N) is 1. The van der Waals surface area contributed by atoms with E-state index in [-0.39, 0.29) is 5.76 Å². The summed E-state index contributed by atoms with van der Waals surface area (Å²) in [5.41, 5.74) is -0.746. The molecule has 8 nitrogen and oxygen atoms in total. The van der Waals surface area contributed by atoms with Crippen LogP contribution in [0.3, 0.4) is 0 Å². The molecule has 8 heteroatoms. The Hall–Kier alpha value is -2.09. The topological polar surface area (TPSA) is 122 Å². The van der Waals surface area contributed by atoms with E-state index in [1.807, 2.05) is 0 Å². The van der Waals surface area contributed by atoms with E-state index in [2.05, 4.69) is 10.3 Å². The molecule has 0 saturated carbocycles. The van der Waals surface area contributed by atoms with Gasteiger partial charge in [-0.05, 0) is 20.8 Å². The summed E-state index contributed by atoms with van der Waals surface area (Å²) in [6.45, 7) is 4.97. The smallest absolute Gasteiger partial charge is 0.408 e. The molecule has 1 aromatic heterocycles. The summed E-state index contributed by atoms with van der Waals surface area (Å²) in [5.74, 6) is -1.49. The lowest BCUT2D eigenvalue weighted by molar-refractivity contribution is -0.148. The largest absolute Gasteiger partial charge is 0.479 e. The van der Waals surface area contributed by atoms with Crippen LogP contribution in [0.2, 0.25) is 0 Å². The molecular weight excluding hydrogens is 256 g/mol. The lowest BCUT2D eigenvalue weighted by atomic mass is 10.1. The van der Waals surface area contributed by atoms with Gasteiger partial charge in [0.1, 0.15) is 17.4 Å². The summed E-state index contributed by atoms with van der Waals surface area (Å²) < 4.78 is 9.87. The number of carboxylic acid groups (broad SMARTS) is 1. The Kier molecular flexibility index (Phi) is 4.49. The molecule has 0 radical (unpaired) electrons. The monoisotopic (exact) mass is 272 g/mol. The summed E-state index contributed by atoms with van der Waals surface area (Å²) in [6, 6.07) is -1.28. The van der Waals surface area contributed by atoms with Crippen molar-refractivity contribution in [2.45, 2.75) is 38.5 Å². The fourth-order valence-electron chi connectivity index (χ4n) is 1.26. The van der Waals surface area contributed by atoms with Crippen molar-refractivity contribution in [2.75, 3.05) is 0 Å². The summed E-state index contributed by atoms with van der Waals surface area (Å²) in [5, 5.41) is 20.6. The van der Waals surface area contributed by atoms with E-state index in [1.165, 1.54) is 6.20 Å². The zero-order valence-corrected chi connectivity index (χ0v) is 10.8. The first-order chi connectivity index (χ1) is 8.70. The number of carboxylic acids is 1. The van der Waals surface area contributed by atoms with E-state index >= 15 is 0 Å². The fourth-order valence-corrected chi connectivity index (χ4v) is 1.26. The van der Waals surface area contributed by atoms with Crippen molar-refractivity contribution in [2.24, 2.45) is 0 Å². The first-order valence-electron chi connectivity index (χ1n) is 5.49. The van der Waals surface area contributed by atoms with Gasteiger partial charge in [0.05, 0.1) is 6.20 Å². The van der Waals surface area contributed by atoms with Gasteiger partial charge in [0.2, 0.25) is 0 Å². The highest BCUT2D eigenvalue weighted by Gasteiger charge is 2.32. The second-order valence-corrected chi connectivity index (χ2v) is 4.81. The van der Waals surface area contributed by atoms with E-state index in [0.717, 1.165) is 6.39 Å². The number of aliphatic hydroxyl groups excluding tert-OH is 1. The molecule has 0 aliphatic rings. The van der Waals surface area contributed by atoms with Crippen LogP contribution in [0.25, 0.3) is 0 Å². The van der Waals surface area contributed by atoms with E-state index in [1.54, 1.807) is 20.8 Å². The molecule has 0 fully saturated rings. The second kappa shape index (κ2) is 5.70. The van der Waals surface area contributed by atoms with Gasteiger partial charge in [-0.2, -0.15) is 0 Å². The Balaban J connectivity index is 2.82. The number of amides is 1. The molecular formula is C11H16N2O6. The second-order valence-electron chi connectivity index (χ2n) is 4.81. The summed E-state index contributed by atoms with van der Waals surface area (Å²) in [7, 11) is 0. The zero-order valence-electron chi connectivity index (χ0n) is 10.8. The van der Waals surface area contributed by atoms with Crippen LogP contribution >= 0.6 is 0 Å². The maximum Gasteiger partial charge on any atom is 0.408 e. The summed E-state index contributed by atoms with van der Waals surface area (Å²) >= 11 is 0. The van der Waals surface area contributed by atoms with Crippen LogP contribution < -0.4 is 5.32 Å². The van der Waals surface area contributed by atoms with E-state index in [0.29, 0.717) is 0 Å². The highest BCUT2D eigenvalue weighted by Crippen LogP contribution is 2.18. The van der Waals surface area contributed by atoms with Crippen LogP contribution in [0.1, 0.15) is 32.6 Å². The Bertz CT molecular complexity index is 437. The first-order valence-corrected chi connectivity index (χ1v) is 5.49. The Morgan fingerprint density at radius 2 is 2.11 bits per heavy atom. The number of carbonyl (C=O) groups excluding carboxylic acids is 1.